The summed E-state index contributed by atoms with van der Waals surface area (Å²) >= 11 is 0. The maximum atomic E-state index is 15.6. The Morgan fingerprint density at radius 2 is 2.11 bits per heavy atom. The molecule has 6 heterocycles. The lowest BCUT2D eigenvalue weighted by Crippen LogP contribution is -2.32. The van der Waals surface area contributed by atoms with Gasteiger partial charge in [0.1, 0.15) is 23.6 Å². The van der Waals surface area contributed by atoms with Crippen molar-refractivity contribution in [2.45, 2.75) is 32.1 Å². The van der Waals surface area contributed by atoms with Crippen molar-refractivity contribution in [3.63, 3.8) is 0 Å². The molecule has 2 N–H and O–H groups in total. The molecule has 1 aliphatic rings. The summed E-state index contributed by atoms with van der Waals surface area (Å²) in [5, 5.41) is 7.25. The van der Waals surface area contributed by atoms with Crippen LogP contribution in [-0.4, -0.2) is 46.4 Å². The molecule has 0 radical (unpaired) electrons. The molecule has 0 saturated carbocycles. The van der Waals surface area contributed by atoms with E-state index in [1.165, 1.54) is 6.33 Å². The van der Waals surface area contributed by atoms with Gasteiger partial charge in [0, 0.05) is 42.8 Å². The molecular formula is C27H22F2N8O. The summed E-state index contributed by atoms with van der Waals surface area (Å²) in [4.78, 5) is 29.5. The van der Waals surface area contributed by atoms with E-state index in [9.17, 15) is 9.18 Å². The van der Waals surface area contributed by atoms with Crippen LogP contribution in [0, 0.1) is 24.6 Å². The highest BCUT2D eigenvalue weighted by Crippen LogP contribution is 2.32. The van der Waals surface area contributed by atoms with Crippen LogP contribution in [0.2, 0.25) is 0 Å². The lowest BCUT2D eigenvalue weighted by Gasteiger charge is -2.18. The molecule has 1 aliphatic heterocycles. The lowest BCUT2D eigenvalue weighted by molar-refractivity contribution is 0.0936. The van der Waals surface area contributed by atoms with Crippen LogP contribution in [0.3, 0.4) is 0 Å². The highest BCUT2D eigenvalue weighted by molar-refractivity contribution is 5.93. The largest absolute Gasteiger partial charge is 0.339 e. The van der Waals surface area contributed by atoms with E-state index in [1.54, 1.807) is 66.1 Å². The Hall–Kier alpha value is -4.85. The number of carbonyl (C=O) groups is 1. The number of amides is 1. The molecule has 5 aromatic rings. The van der Waals surface area contributed by atoms with Gasteiger partial charge in [-0.15, -0.1) is 0 Å². The zero-order chi connectivity index (χ0) is 26.4. The maximum absolute atomic E-state index is 15.6. The van der Waals surface area contributed by atoms with E-state index in [2.05, 4.69) is 42.2 Å². The van der Waals surface area contributed by atoms with E-state index in [0.717, 1.165) is 5.56 Å². The first kappa shape index (κ1) is 23.5. The minimum Gasteiger partial charge on any atom is -0.339 e. The first-order chi connectivity index (χ1) is 18.4. The number of nitrogens with one attached hydrogen (secondary N) is 2. The van der Waals surface area contributed by atoms with Crippen LogP contribution in [0.5, 0.6) is 0 Å². The molecule has 0 aliphatic carbocycles. The van der Waals surface area contributed by atoms with Crippen molar-refractivity contribution in [3.8, 4) is 11.8 Å². The number of fused-ring (bicyclic) bond motifs is 2. The van der Waals surface area contributed by atoms with Crippen LogP contribution >= 0.6 is 0 Å². The number of H-pyrrole nitrogens is 1. The molecule has 9 nitrogen and oxygen atoms in total. The van der Waals surface area contributed by atoms with E-state index < -0.39 is 23.9 Å². The summed E-state index contributed by atoms with van der Waals surface area (Å²) in [6.45, 7) is 1.92. The zero-order valence-electron chi connectivity index (χ0n) is 20.5. The van der Waals surface area contributed by atoms with Gasteiger partial charge in [0.15, 0.2) is 5.82 Å². The number of pyridine rings is 2. The molecule has 5 aromatic heterocycles. The Morgan fingerprint density at radius 1 is 1.26 bits per heavy atom. The number of hydrogen-bond donors (Lipinski definition) is 2. The van der Waals surface area contributed by atoms with E-state index in [1.807, 2.05) is 0 Å². The predicted octanol–water partition coefficient (Wildman–Crippen LogP) is 3.15. The number of alkyl halides is 1. The molecule has 0 spiro atoms. The third-order valence-corrected chi connectivity index (χ3v) is 6.40. The highest BCUT2D eigenvalue weighted by atomic mass is 19.1. The van der Waals surface area contributed by atoms with Gasteiger partial charge in [-0.1, -0.05) is 11.8 Å². The number of halogens is 2. The fraction of sp³-hybridized carbons (Fsp3) is 0.222. The molecule has 1 amide bonds. The molecule has 2 atom stereocenters. The summed E-state index contributed by atoms with van der Waals surface area (Å²) in [6, 6.07) is 5.54. The van der Waals surface area contributed by atoms with E-state index in [0.29, 0.717) is 28.3 Å². The van der Waals surface area contributed by atoms with Gasteiger partial charge in [-0.3, -0.25) is 9.48 Å². The Morgan fingerprint density at radius 3 is 2.89 bits per heavy atom. The van der Waals surface area contributed by atoms with Gasteiger partial charge in [-0.2, -0.15) is 5.10 Å². The number of rotatable bonds is 4. The molecule has 11 heteroatoms. The molecule has 0 unspecified atom stereocenters. The van der Waals surface area contributed by atoms with Gasteiger partial charge in [-0.25, -0.2) is 23.7 Å². The zero-order valence-corrected chi connectivity index (χ0v) is 20.5. The SMILES string of the molecule is Cc1cc(C#Cc2cnn(C)c2)cc(C(=O)N[C@H](c2ncn3c2C[C@@H](F)C3)c2[nH]c3ncccc3c2F)n1. The molecule has 0 aromatic carbocycles. The molecule has 38 heavy (non-hydrogen) atoms. The normalized spacial score (nSPS) is 15.2. The quantitative estimate of drug-likeness (QED) is 0.360. The Balaban J connectivity index is 1.38. The van der Waals surface area contributed by atoms with E-state index in [-0.39, 0.29) is 29.7 Å². The first-order valence-corrected chi connectivity index (χ1v) is 12.0. The number of aromatic nitrogens is 7. The fourth-order valence-corrected chi connectivity index (χ4v) is 4.71. The molecule has 190 valence electrons. The maximum Gasteiger partial charge on any atom is 0.270 e. The minimum absolute atomic E-state index is 0.0834. The van der Waals surface area contributed by atoms with Gasteiger partial charge in [0.25, 0.3) is 5.91 Å². The Bertz CT molecular complexity index is 1760. The smallest absolute Gasteiger partial charge is 0.270 e. The summed E-state index contributed by atoms with van der Waals surface area (Å²) < 4.78 is 33.1. The number of aryl methyl sites for hydroxylation is 2. The van der Waals surface area contributed by atoms with Crippen LogP contribution < -0.4 is 5.32 Å². The molecule has 0 fully saturated rings. The molecule has 6 rings (SSSR count). The Kier molecular flexibility index (Phi) is 5.72. The van der Waals surface area contributed by atoms with E-state index >= 15 is 4.39 Å². The van der Waals surface area contributed by atoms with Crippen molar-refractivity contribution < 1.29 is 13.6 Å². The van der Waals surface area contributed by atoms with Crippen LogP contribution in [-0.2, 0) is 20.0 Å². The van der Waals surface area contributed by atoms with Crippen molar-refractivity contribution in [3.05, 3.63) is 94.6 Å². The van der Waals surface area contributed by atoms with E-state index in [4.69, 9.17) is 0 Å². The number of carbonyl (C=O) groups excluding carboxylic acids is 1. The van der Waals surface area contributed by atoms with Crippen LogP contribution in [0.25, 0.3) is 11.0 Å². The monoisotopic (exact) mass is 512 g/mol. The third-order valence-electron chi connectivity index (χ3n) is 6.40. The first-order valence-electron chi connectivity index (χ1n) is 12.0. The molecule has 0 bridgehead atoms. The number of aromatic amines is 1. The van der Waals surface area contributed by atoms with Gasteiger partial charge < -0.3 is 14.9 Å². The van der Waals surface area contributed by atoms with Gasteiger partial charge in [0.05, 0.1) is 41.4 Å². The highest BCUT2D eigenvalue weighted by Gasteiger charge is 2.33. The van der Waals surface area contributed by atoms with Crippen molar-refractivity contribution in [1.82, 2.24) is 39.6 Å². The standard InChI is InChI=1S/C27H22F2N8O/c1-15-8-16(5-6-17-11-32-36(2)12-17)9-20(33-15)27(38)35-25(23-21-10-18(28)13-37(21)14-31-23)24-22(29)19-4-3-7-30-26(19)34-24/h3-4,7-9,11-12,14,18,25H,10,13H2,1-2H3,(H,30,34)(H,35,38)/t18-,25-/m1/s1. The van der Waals surface area contributed by atoms with Crippen molar-refractivity contribution in [1.29, 1.82) is 0 Å². The lowest BCUT2D eigenvalue weighted by atomic mass is 10.1. The number of imidazole rings is 1. The van der Waals surface area contributed by atoms with Crippen LogP contribution in [0.4, 0.5) is 8.78 Å². The Labute approximate surface area is 215 Å². The summed E-state index contributed by atoms with van der Waals surface area (Å²) in [7, 11) is 1.80. The number of nitrogens with zero attached hydrogens (tertiary/aromatic N) is 6. The van der Waals surface area contributed by atoms with Crippen LogP contribution in [0.1, 0.15) is 50.4 Å². The summed E-state index contributed by atoms with van der Waals surface area (Å²) in [5.74, 6) is 4.94. The predicted molar refractivity (Wildman–Crippen MR) is 134 cm³/mol. The van der Waals surface area contributed by atoms with Crippen molar-refractivity contribution in [2.75, 3.05) is 0 Å². The van der Waals surface area contributed by atoms with Gasteiger partial charge >= 0.3 is 0 Å². The van der Waals surface area contributed by atoms with Crippen molar-refractivity contribution in [2.24, 2.45) is 7.05 Å². The number of hydrogen-bond acceptors (Lipinski definition) is 5. The van der Waals surface area contributed by atoms with Gasteiger partial charge in [-0.05, 0) is 31.2 Å². The fourth-order valence-electron chi connectivity index (χ4n) is 4.71. The average Bonchev–Trinajstić information content (AvgIpc) is 3.65. The second-order valence-corrected chi connectivity index (χ2v) is 9.22. The molecular weight excluding hydrogens is 490 g/mol. The minimum atomic E-state index is -1.07. The van der Waals surface area contributed by atoms with Crippen molar-refractivity contribution >= 4 is 16.9 Å². The average molecular weight is 513 g/mol. The summed E-state index contributed by atoms with van der Waals surface area (Å²) in [5.41, 5.74) is 3.42. The molecule has 0 saturated heterocycles. The van der Waals surface area contributed by atoms with Crippen LogP contribution in [0.15, 0.2) is 49.2 Å². The topological polar surface area (TPSA) is 106 Å². The third kappa shape index (κ3) is 4.30. The summed E-state index contributed by atoms with van der Waals surface area (Å²) in [6.07, 6.45) is 5.54. The van der Waals surface area contributed by atoms with Gasteiger partial charge in [0.2, 0.25) is 0 Å². The second-order valence-electron chi connectivity index (χ2n) is 9.22. The second kappa shape index (κ2) is 9.23.